The molecular weight excluding hydrogens is 841 g/mol. The second-order valence-electron chi connectivity index (χ2n) is 18.5. The van der Waals surface area contributed by atoms with E-state index in [0.29, 0.717) is 5.92 Å². The quantitative estimate of drug-likeness (QED) is 0.0487. The van der Waals surface area contributed by atoms with E-state index in [4.69, 9.17) is 56.8 Å². The molecule has 66 heavy (non-hydrogen) atoms. The molecule has 12 heteroatoms. The highest BCUT2D eigenvalue weighted by Crippen LogP contribution is 2.58. The zero-order valence-corrected chi connectivity index (χ0v) is 41.9. The summed E-state index contributed by atoms with van der Waals surface area (Å²) in [4.78, 5) is 0. The predicted octanol–water partition coefficient (Wildman–Crippen LogP) is 14.8. The summed E-state index contributed by atoms with van der Waals surface area (Å²) in [5, 5.41) is 0. The van der Waals surface area contributed by atoms with E-state index in [0.717, 1.165) is 103 Å². The van der Waals surface area contributed by atoms with Gasteiger partial charge in [0.2, 0.25) is 0 Å². The Morgan fingerprint density at radius 1 is 0.303 bits per heavy atom. The van der Waals surface area contributed by atoms with Crippen LogP contribution < -0.4 is 0 Å². The van der Waals surface area contributed by atoms with Crippen molar-refractivity contribution in [2.24, 2.45) is 5.92 Å². The van der Waals surface area contributed by atoms with Crippen molar-refractivity contribution in [1.82, 2.24) is 0 Å². The lowest BCUT2D eigenvalue weighted by molar-refractivity contribution is -0.777. The molecule has 0 aromatic heterocycles. The van der Waals surface area contributed by atoms with Crippen molar-refractivity contribution in [2.45, 2.75) is 251 Å². The van der Waals surface area contributed by atoms with Crippen LogP contribution in [0.15, 0.2) is 85.1 Å². The zero-order valence-electron chi connectivity index (χ0n) is 41.9. The molecule has 6 heterocycles. The van der Waals surface area contributed by atoms with Gasteiger partial charge in [-0.05, 0) is 57.3 Å². The minimum absolute atomic E-state index is 0.0295. The molecule has 6 saturated heterocycles. The van der Waals surface area contributed by atoms with Gasteiger partial charge in [-0.1, -0.05) is 192 Å². The van der Waals surface area contributed by atoms with E-state index in [1.807, 2.05) is 42.5 Å². The molecule has 6 aliphatic rings. The molecule has 0 aliphatic carbocycles. The third-order valence-corrected chi connectivity index (χ3v) is 11.5. The standard InChI is InChI=1S/C54H86O12/c1-9-15-21-31-39-48-55-47-56-49(40-32-22-16-10-2)59-51(58-48,42-33-23-17-11-3)64-54(45-36-26-20-14-6)65-52(60-48,43-34-24-18-12-4)62-50(57-47,41-37-29-27-28-30-38-46(7)8)63-53(61-49,66-54)44-35-25-19-13-5/h21-26,29,31-37,46-47H,9-20,27-28,30,38-45H2,1-8H3. The van der Waals surface area contributed by atoms with Crippen LogP contribution in [0.2, 0.25) is 0 Å². The summed E-state index contributed by atoms with van der Waals surface area (Å²) in [5.74, 6) is -13.8. The molecule has 8 bridgehead atoms. The second-order valence-corrected chi connectivity index (χ2v) is 18.5. The molecule has 0 N–H and O–H groups in total. The molecule has 0 aromatic carbocycles. The third-order valence-electron chi connectivity index (χ3n) is 11.5. The summed E-state index contributed by atoms with van der Waals surface area (Å²) in [5.41, 5.74) is 0. The first kappa shape index (κ1) is 54.6. The molecule has 374 valence electrons. The predicted molar refractivity (Wildman–Crippen MR) is 255 cm³/mol. The Morgan fingerprint density at radius 3 is 0.773 bits per heavy atom. The van der Waals surface area contributed by atoms with E-state index in [1.165, 1.54) is 0 Å². The highest BCUT2D eigenvalue weighted by molar-refractivity contribution is 5.01. The van der Waals surface area contributed by atoms with Gasteiger partial charge >= 0.3 is 0 Å². The van der Waals surface area contributed by atoms with E-state index < -0.39 is 48.3 Å². The molecule has 6 rings (SSSR count). The molecule has 6 aliphatic heterocycles. The topological polar surface area (TPSA) is 111 Å². The Kier molecular flexibility index (Phi) is 22.0. The molecular formula is C54H86O12. The summed E-state index contributed by atoms with van der Waals surface area (Å²) in [7, 11) is 0. The van der Waals surface area contributed by atoms with Gasteiger partial charge in [0, 0.05) is 44.9 Å². The highest BCUT2D eigenvalue weighted by atomic mass is 17.2. The van der Waals surface area contributed by atoms with Crippen molar-refractivity contribution < 1.29 is 56.8 Å². The molecule has 0 radical (unpaired) electrons. The fourth-order valence-corrected chi connectivity index (χ4v) is 8.23. The van der Waals surface area contributed by atoms with Crippen molar-refractivity contribution in [3.63, 3.8) is 0 Å². The SMILES string of the molecule is CCCC=CCC12OC3OC4(CC=CCCC)OC(CC=CCCC)(O1)OC1(CC=CCCC)OC(CC=CCCC)(O2)OC(CC=CCCCCC(C)C)(O3)OC(CC=CCCC)(O4)O1. The molecule has 0 spiro atoms. The molecule has 0 amide bonds. The van der Waals surface area contributed by atoms with Gasteiger partial charge in [-0.15, -0.1) is 0 Å². The van der Waals surface area contributed by atoms with Crippen LogP contribution >= 0.6 is 0 Å². The minimum atomic E-state index is -2.09. The Labute approximate surface area is 398 Å². The Bertz CT molecular complexity index is 1560. The summed E-state index contributed by atoms with van der Waals surface area (Å²) >= 11 is 0. The fourth-order valence-electron chi connectivity index (χ4n) is 8.23. The van der Waals surface area contributed by atoms with Crippen LogP contribution in [0.4, 0.5) is 0 Å². The number of hydrogen-bond donors (Lipinski definition) is 0. The number of allylic oxidation sites excluding steroid dienone is 7. The Morgan fingerprint density at radius 2 is 0.530 bits per heavy atom. The summed E-state index contributed by atoms with van der Waals surface area (Å²) in [6.45, 7) is 15.7. The van der Waals surface area contributed by atoms with E-state index in [-0.39, 0.29) is 44.9 Å². The Balaban J connectivity index is 1.82. The summed E-state index contributed by atoms with van der Waals surface area (Å²) < 4.78 is 86.8. The van der Waals surface area contributed by atoms with Crippen LogP contribution in [0.1, 0.15) is 203 Å². The first-order chi connectivity index (χ1) is 31.9. The van der Waals surface area contributed by atoms with Gasteiger partial charge in [-0.2, -0.15) is 0 Å². The first-order valence-electron chi connectivity index (χ1n) is 25.8. The van der Waals surface area contributed by atoms with Gasteiger partial charge in [0.1, 0.15) is 0 Å². The Hall–Kier alpha value is -2.30. The van der Waals surface area contributed by atoms with Crippen LogP contribution in [0.25, 0.3) is 0 Å². The van der Waals surface area contributed by atoms with Gasteiger partial charge in [0.05, 0.1) is 0 Å². The molecule has 0 aromatic rings. The van der Waals surface area contributed by atoms with Gasteiger partial charge in [0.15, 0.2) is 0 Å². The minimum Gasteiger partial charge on any atom is -0.271 e. The molecule has 6 fully saturated rings. The van der Waals surface area contributed by atoms with Crippen LogP contribution in [-0.2, 0) is 56.8 Å². The molecule has 4 unspecified atom stereocenters. The van der Waals surface area contributed by atoms with Crippen LogP contribution in [0, 0.1) is 5.92 Å². The number of rotatable bonds is 31. The molecule has 4 atom stereocenters. The van der Waals surface area contributed by atoms with E-state index in [1.54, 1.807) is 0 Å². The number of hydrogen-bond acceptors (Lipinski definition) is 12. The largest absolute Gasteiger partial charge is 0.299 e. The summed E-state index contributed by atoms with van der Waals surface area (Å²) in [6.07, 6.45) is 43.2. The van der Waals surface area contributed by atoms with Gasteiger partial charge in [-0.3, -0.25) is 56.8 Å². The number of ether oxygens (including phenoxy) is 12. The normalized spacial score (nSPS) is 34.7. The van der Waals surface area contributed by atoms with Crippen LogP contribution in [-0.4, -0.2) is 48.3 Å². The maximum Gasteiger partial charge on any atom is 0.299 e. The highest BCUT2D eigenvalue weighted by Gasteiger charge is 2.74. The monoisotopic (exact) mass is 927 g/mol. The van der Waals surface area contributed by atoms with E-state index in [2.05, 4.69) is 97.9 Å². The average Bonchev–Trinajstić information content (AvgIpc) is 3.24. The fraction of sp³-hybridized carbons (Fsp3) is 0.741. The lowest BCUT2D eigenvalue weighted by Crippen LogP contribution is -2.77. The van der Waals surface area contributed by atoms with Crippen molar-refractivity contribution >= 4 is 0 Å². The van der Waals surface area contributed by atoms with Gasteiger partial charge in [0.25, 0.3) is 48.3 Å². The van der Waals surface area contributed by atoms with Gasteiger partial charge in [-0.25, -0.2) is 0 Å². The lowest BCUT2D eigenvalue weighted by atomic mass is 10.1. The molecule has 12 nitrogen and oxygen atoms in total. The van der Waals surface area contributed by atoms with Crippen molar-refractivity contribution in [1.29, 1.82) is 0 Å². The molecule has 0 saturated carbocycles. The van der Waals surface area contributed by atoms with E-state index >= 15 is 0 Å². The summed E-state index contributed by atoms with van der Waals surface area (Å²) in [6, 6.07) is 0. The number of unbranched alkanes of at least 4 members (excludes halogenated alkanes) is 8. The maximum atomic E-state index is 7.38. The average molecular weight is 927 g/mol. The maximum absolute atomic E-state index is 7.38. The van der Waals surface area contributed by atoms with Gasteiger partial charge < -0.3 is 0 Å². The van der Waals surface area contributed by atoms with Crippen molar-refractivity contribution in [3.8, 4) is 0 Å². The van der Waals surface area contributed by atoms with Crippen LogP contribution in [0.5, 0.6) is 0 Å². The van der Waals surface area contributed by atoms with Crippen molar-refractivity contribution in [3.05, 3.63) is 85.1 Å². The van der Waals surface area contributed by atoms with Crippen LogP contribution in [0.3, 0.4) is 0 Å². The van der Waals surface area contributed by atoms with Crippen molar-refractivity contribution in [2.75, 3.05) is 0 Å². The lowest BCUT2D eigenvalue weighted by Gasteiger charge is -2.63. The third kappa shape index (κ3) is 15.9. The zero-order chi connectivity index (χ0) is 47.3. The smallest absolute Gasteiger partial charge is 0.271 e. The van der Waals surface area contributed by atoms with E-state index in [9.17, 15) is 0 Å². The second kappa shape index (κ2) is 26.6. The first-order valence-corrected chi connectivity index (χ1v) is 25.8.